The van der Waals surface area contributed by atoms with Gasteiger partial charge in [-0.3, -0.25) is 4.79 Å². The molecule has 0 aliphatic heterocycles. The normalized spacial score (nSPS) is 12.7. The van der Waals surface area contributed by atoms with Gasteiger partial charge in [0.25, 0.3) is 0 Å². The van der Waals surface area contributed by atoms with Gasteiger partial charge < -0.3 is 15.5 Å². The van der Waals surface area contributed by atoms with Crippen molar-refractivity contribution in [2.75, 3.05) is 26.0 Å². The third-order valence-electron chi connectivity index (χ3n) is 3.50. The number of nitrogens with zero attached hydrogens (tertiary/aromatic N) is 1. The van der Waals surface area contributed by atoms with Gasteiger partial charge in [-0.15, -0.1) is 0 Å². The lowest BCUT2D eigenvalue weighted by Gasteiger charge is -2.26. The molecule has 1 unspecified atom stereocenters. The van der Waals surface area contributed by atoms with Crippen molar-refractivity contribution in [3.63, 3.8) is 0 Å². The number of likely N-dealkylation sites (N-methyl/N-ethyl adjacent to an activating group) is 1. The maximum Gasteiger partial charge on any atom is 0.221 e. The first-order valence-electron chi connectivity index (χ1n) is 7.62. The number of carbonyl (C=O) groups excluding carboxylic acids is 1. The highest BCUT2D eigenvalue weighted by molar-refractivity contribution is 5.89. The van der Waals surface area contributed by atoms with E-state index in [9.17, 15) is 4.79 Å². The van der Waals surface area contributed by atoms with Crippen LogP contribution in [0.25, 0.3) is 0 Å². The molecule has 0 aliphatic carbocycles. The van der Waals surface area contributed by atoms with E-state index < -0.39 is 0 Å². The Bertz CT molecular complexity index is 443. The van der Waals surface area contributed by atoms with Gasteiger partial charge in [-0.05, 0) is 38.1 Å². The Labute approximate surface area is 128 Å². The SMILES string of the molecule is CC(=O)Nc1ccccc1CNCC(CC(C)C)N(C)C. The van der Waals surface area contributed by atoms with Crippen LogP contribution in [0.1, 0.15) is 32.8 Å². The Morgan fingerprint density at radius 1 is 1.24 bits per heavy atom. The Hall–Kier alpha value is -1.39. The van der Waals surface area contributed by atoms with Crippen LogP contribution >= 0.6 is 0 Å². The molecule has 2 N–H and O–H groups in total. The number of benzene rings is 1. The molecule has 0 spiro atoms. The van der Waals surface area contributed by atoms with Gasteiger partial charge in [-0.25, -0.2) is 0 Å². The summed E-state index contributed by atoms with van der Waals surface area (Å²) >= 11 is 0. The predicted octanol–water partition coefficient (Wildman–Crippen LogP) is 2.71. The maximum absolute atomic E-state index is 11.2. The number of para-hydroxylation sites is 1. The summed E-state index contributed by atoms with van der Waals surface area (Å²) in [6.07, 6.45) is 1.17. The summed E-state index contributed by atoms with van der Waals surface area (Å²) in [5, 5.41) is 6.39. The number of amides is 1. The zero-order valence-electron chi connectivity index (χ0n) is 13.9. The van der Waals surface area contributed by atoms with Crippen LogP contribution < -0.4 is 10.6 Å². The van der Waals surface area contributed by atoms with Crippen molar-refractivity contribution in [2.45, 2.75) is 39.8 Å². The first kappa shape index (κ1) is 17.7. The number of hydrogen-bond acceptors (Lipinski definition) is 3. The highest BCUT2D eigenvalue weighted by atomic mass is 16.1. The predicted molar refractivity (Wildman–Crippen MR) is 89.4 cm³/mol. The molecule has 0 radical (unpaired) electrons. The molecule has 1 rings (SSSR count). The number of anilines is 1. The Kier molecular flexibility index (Phi) is 7.40. The highest BCUT2D eigenvalue weighted by Crippen LogP contribution is 2.15. The highest BCUT2D eigenvalue weighted by Gasteiger charge is 2.13. The van der Waals surface area contributed by atoms with Crippen LogP contribution in [0.5, 0.6) is 0 Å². The van der Waals surface area contributed by atoms with Crippen LogP contribution in [0, 0.1) is 5.92 Å². The fraction of sp³-hybridized carbons (Fsp3) is 0.588. The molecule has 1 atom stereocenters. The molecule has 0 fully saturated rings. The van der Waals surface area contributed by atoms with Crippen LogP contribution in [0.2, 0.25) is 0 Å². The van der Waals surface area contributed by atoms with E-state index in [0.29, 0.717) is 12.0 Å². The average molecular weight is 291 g/mol. The van der Waals surface area contributed by atoms with Crippen molar-refractivity contribution in [2.24, 2.45) is 5.92 Å². The molecule has 0 aromatic heterocycles. The van der Waals surface area contributed by atoms with Crippen molar-refractivity contribution >= 4 is 11.6 Å². The van der Waals surface area contributed by atoms with Crippen LogP contribution in [-0.2, 0) is 11.3 Å². The lowest BCUT2D eigenvalue weighted by Crippen LogP contribution is -2.38. The van der Waals surface area contributed by atoms with Gasteiger partial charge >= 0.3 is 0 Å². The molecule has 4 nitrogen and oxygen atoms in total. The summed E-state index contributed by atoms with van der Waals surface area (Å²) < 4.78 is 0. The Morgan fingerprint density at radius 3 is 2.48 bits per heavy atom. The largest absolute Gasteiger partial charge is 0.326 e. The molecule has 0 saturated heterocycles. The zero-order valence-corrected chi connectivity index (χ0v) is 13.9. The standard InChI is InChI=1S/C17H29N3O/c1-13(2)10-16(20(4)5)12-18-11-15-8-6-7-9-17(15)19-14(3)21/h6-9,13,16,18H,10-12H2,1-5H3,(H,19,21). The van der Waals surface area contributed by atoms with E-state index in [1.54, 1.807) is 0 Å². The lowest BCUT2D eigenvalue weighted by molar-refractivity contribution is -0.114. The van der Waals surface area contributed by atoms with Crippen molar-refractivity contribution in [1.29, 1.82) is 0 Å². The summed E-state index contributed by atoms with van der Waals surface area (Å²) in [6, 6.07) is 8.45. The molecule has 1 aromatic carbocycles. The topological polar surface area (TPSA) is 44.4 Å². The van der Waals surface area contributed by atoms with Gasteiger partial charge in [0.1, 0.15) is 0 Å². The van der Waals surface area contributed by atoms with Crippen molar-refractivity contribution < 1.29 is 4.79 Å². The fourth-order valence-electron chi connectivity index (χ4n) is 2.38. The molecule has 0 aliphatic rings. The van der Waals surface area contributed by atoms with Gasteiger partial charge in [-0.2, -0.15) is 0 Å². The van der Waals surface area contributed by atoms with Gasteiger partial charge in [-0.1, -0.05) is 32.0 Å². The molecular formula is C17H29N3O. The van der Waals surface area contributed by atoms with E-state index in [4.69, 9.17) is 0 Å². The molecule has 1 aromatic rings. The summed E-state index contributed by atoms with van der Waals surface area (Å²) in [6.45, 7) is 7.75. The lowest BCUT2D eigenvalue weighted by atomic mass is 10.0. The van der Waals surface area contributed by atoms with Crippen LogP contribution in [-0.4, -0.2) is 37.5 Å². The van der Waals surface area contributed by atoms with E-state index in [1.165, 1.54) is 13.3 Å². The minimum absolute atomic E-state index is 0.0339. The fourth-order valence-corrected chi connectivity index (χ4v) is 2.38. The third-order valence-corrected chi connectivity index (χ3v) is 3.50. The zero-order chi connectivity index (χ0) is 15.8. The summed E-state index contributed by atoms with van der Waals surface area (Å²) in [4.78, 5) is 13.5. The number of nitrogens with one attached hydrogen (secondary N) is 2. The molecule has 1 amide bonds. The van der Waals surface area contributed by atoms with E-state index in [0.717, 1.165) is 24.3 Å². The Morgan fingerprint density at radius 2 is 1.90 bits per heavy atom. The van der Waals surface area contributed by atoms with Crippen LogP contribution in [0.4, 0.5) is 5.69 Å². The second kappa shape index (κ2) is 8.80. The van der Waals surface area contributed by atoms with Crippen molar-refractivity contribution in [3.8, 4) is 0 Å². The van der Waals surface area contributed by atoms with Gasteiger partial charge in [0, 0.05) is 31.7 Å². The minimum atomic E-state index is -0.0339. The summed E-state index contributed by atoms with van der Waals surface area (Å²) in [5.41, 5.74) is 2.01. The molecule has 0 bridgehead atoms. The van der Waals surface area contributed by atoms with E-state index in [-0.39, 0.29) is 5.91 Å². The van der Waals surface area contributed by atoms with Gasteiger partial charge in [0.05, 0.1) is 0 Å². The Balaban J connectivity index is 2.56. The van der Waals surface area contributed by atoms with Crippen LogP contribution in [0.3, 0.4) is 0 Å². The molecular weight excluding hydrogens is 262 g/mol. The smallest absolute Gasteiger partial charge is 0.221 e. The van der Waals surface area contributed by atoms with Crippen LogP contribution in [0.15, 0.2) is 24.3 Å². The first-order chi connectivity index (χ1) is 9.90. The number of rotatable bonds is 8. The van der Waals surface area contributed by atoms with Gasteiger partial charge in [0.15, 0.2) is 0 Å². The van der Waals surface area contributed by atoms with E-state index in [2.05, 4.69) is 43.5 Å². The molecule has 0 heterocycles. The van der Waals surface area contributed by atoms with Crippen molar-refractivity contribution in [3.05, 3.63) is 29.8 Å². The van der Waals surface area contributed by atoms with E-state index in [1.807, 2.05) is 24.3 Å². The summed E-state index contributed by atoms with van der Waals surface area (Å²) in [7, 11) is 4.25. The van der Waals surface area contributed by atoms with Crippen molar-refractivity contribution in [1.82, 2.24) is 10.2 Å². The quantitative estimate of drug-likeness (QED) is 0.774. The van der Waals surface area contributed by atoms with E-state index >= 15 is 0 Å². The molecule has 21 heavy (non-hydrogen) atoms. The monoisotopic (exact) mass is 291 g/mol. The average Bonchev–Trinajstić information content (AvgIpc) is 2.38. The molecule has 0 saturated carbocycles. The third kappa shape index (κ3) is 6.74. The maximum atomic E-state index is 11.2. The first-order valence-corrected chi connectivity index (χ1v) is 7.62. The van der Waals surface area contributed by atoms with Gasteiger partial charge in [0.2, 0.25) is 5.91 Å². The minimum Gasteiger partial charge on any atom is -0.326 e. The molecule has 118 valence electrons. The second-order valence-electron chi connectivity index (χ2n) is 6.22. The number of hydrogen-bond donors (Lipinski definition) is 2. The molecule has 4 heteroatoms. The second-order valence-corrected chi connectivity index (χ2v) is 6.22. The summed E-state index contributed by atoms with van der Waals surface area (Å²) in [5.74, 6) is 0.652. The number of carbonyl (C=O) groups is 1.